The summed E-state index contributed by atoms with van der Waals surface area (Å²) in [6.45, 7) is 0.636. The lowest BCUT2D eigenvalue weighted by Gasteiger charge is -2.11. The second-order valence-corrected chi connectivity index (χ2v) is 5.14. The maximum atomic E-state index is 13.6. The molecule has 0 saturated carbocycles. The average Bonchev–Trinajstić information content (AvgIpc) is 3.07. The zero-order chi connectivity index (χ0) is 16.9. The van der Waals surface area contributed by atoms with Gasteiger partial charge in [0.25, 0.3) is 5.91 Å². The molecule has 0 radical (unpaired) electrons. The lowest BCUT2D eigenvalue weighted by atomic mass is 10.1. The quantitative estimate of drug-likeness (QED) is 0.783. The highest BCUT2D eigenvalue weighted by atomic mass is 19.1. The van der Waals surface area contributed by atoms with Crippen LogP contribution in [0.25, 0.3) is 0 Å². The van der Waals surface area contributed by atoms with Gasteiger partial charge in [0.2, 0.25) is 0 Å². The minimum absolute atomic E-state index is 0.150. The van der Waals surface area contributed by atoms with Gasteiger partial charge < -0.3 is 5.32 Å². The van der Waals surface area contributed by atoms with Crippen LogP contribution in [0.5, 0.6) is 0 Å². The maximum Gasteiger partial charge on any atom is 0.257 e. The second-order valence-electron chi connectivity index (χ2n) is 5.14. The molecule has 1 aromatic heterocycles. The summed E-state index contributed by atoms with van der Waals surface area (Å²) in [5, 5.41) is 6.59. The number of nitrogens with one attached hydrogen (secondary N) is 1. The Labute approximate surface area is 137 Å². The number of carbonyl (C=O) groups excluding carboxylic acids is 1. The number of nitrogens with zero attached hydrogens (tertiary/aromatic N) is 3. The van der Waals surface area contributed by atoms with Crippen LogP contribution in [0.4, 0.5) is 8.78 Å². The Morgan fingerprint density at radius 2 is 1.75 bits per heavy atom. The van der Waals surface area contributed by atoms with Gasteiger partial charge in [0.15, 0.2) is 0 Å². The third-order valence-corrected chi connectivity index (χ3v) is 3.55. The van der Waals surface area contributed by atoms with E-state index in [2.05, 4.69) is 15.4 Å². The molecule has 0 spiro atoms. The Balaban J connectivity index is 1.74. The summed E-state index contributed by atoms with van der Waals surface area (Å²) in [7, 11) is 0. The van der Waals surface area contributed by atoms with Crippen LogP contribution in [0.3, 0.4) is 0 Å². The normalized spacial score (nSPS) is 10.6. The van der Waals surface area contributed by atoms with E-state index in [0.29, 0.717) is 6.54 Å². The standard InChI is InChI=1S/C17H14F2N4O/c18-14-6-3-7-15(19)16(14)17(24)21-8-12-4-1-2-5-13(12)9-23-11-20-10-22-23/h1-7,10-11H,8-9H2,(H,21,24). The lowest BCUT2D eigenvalue weighted by Crippen LogP contribution is -2.25. The summed E-state index contributed by atoms with van der Waals surface area (Å²) < 4.78 is 28.9. The molecule has 24 heavy (non-hydrogen) atoms. The van der Waals surface area contributed by atoms with Crippen LogP contribution in [-0.2, 0) is 13.1 Å². The van der Waals surface area contributed by atoms with E-state index in [0.717, 1.165) is 23.3 Å². The molecule has 0 aliphatic rings. The smallest absolute Gasteiger partial charge is 0.257 e. The topological polar surface area (TPSA) is 59.8 Å². The molecule has 0 aliphatic heterocycles. The summed E-state index contributed by atoms with van der Waals surface area (Å²) >= 11 is 0. The zero-order valence-corrected chi connectivity index (χ0v) is 12.6. The van der Waals surface area contributed by atoms with Crippen molar-refractivity contribution in [3.63, 3.8) is 0 Å². The van der Waals surface area contributed by atoms with Gasteiger partial charge in [0, 0.05) is 6.54 Å². The molecule has 122 valence electrons. The minimum atomic E-state index is -0.886. The van der Waals surface area contributed by atoms with Crippen LogP contribution in [0, 0.1) is 11.6 Å². The summed E-state index contributed by atoms with van der Waals surface area (Å²) in [6.07, 6.45) is 3.02. The fourth-order valence-corrected chi connectivity index (χ4v) is 2.35. The predicted octanol–water partition coefficient (Wildman–Crippen LogP) is 2.53. The van der Waals surface area contributed by atoms with Crippen molar-refractivity contribution in [2.75, 3.05) is 0 Å². The molecule has 1 amide bonds. The number of hydrogen-bond acceptors (Lipinski definition) is 3. The van der Waals surface area contributed by atoms with Crippen LogP contribution in [0.2, 0.25) is 0 Å². The van der Waals surface area contributed by atoms with Crippen LogP contribution in [0.15, 0.2) is 55.1 Å². The van der Waals surface area contributed by atoms with Crippen molar-refractivity contribution in [2.45, 2.75) is 13.1 Å². The number of carbonyl (C=O) groups is 1. The number of halogens is 2. The van der Waals surface area contributed by atoms with Gasteiger partial charge in [0.1, 0.15) is 29.9 Å². The number of aromatic nitrogens is 3. The van der Waals surface area contributed by atoms with E-state index >= 15 is 0 Å². The van der Waals surface area contributed by atoms with Crippen molar-refractivity contribution >= 4 is 5.91 Å². The molecule has 7 heteroatoms. The van der Waals surface area contributed by atoms with Gasteiger partial charge in [-0.05, 0) is 23.3 Å². The first-order valence-electron chi connectivity index (χ1n) is 7.26. The maximum absolute atomic E-state index is 13.6. The largest absolute Gasteiger partial charge is 0.348 e. The number of rotatable bonds is 5. The first-order chi connectivity index (χ1) is 11.6. The van der Waals surface area contributed by atoms with Crippen molar-refractivity contribution in [3.05, 3.63) is 83.4 Å². The van der Waals surface area contributed by atoms with Gasteiger partial charge in [-0.2, -0.15) is 5.10 Å². The van der Waals surface area contributed by atoms with Gasteiger partial charge in [-0.15, -0.1) is 0 Å². The first kappa shape index (κ1) is 15.8. The van der Waals surface area contributed by atoms with E-state index in [1.807, 2.05) is 24.3 Å². The Bertz CT molecular complexity index is 829. The molecule has 0 bridgehead atoms. The summed E-state index contributed by atoms with van der Waals surface area (Å²) in [4.78, 5) is 15.9. The van der Waals surface area contributed by atoms with Gasteiger partial charge in [-0.3, -0.25) is 4.79 Å². The average molecular weight is 328 g/mol. The highest BCUT2D eigenvalue weighted by Gasteiger charge is 2.17. The summed E-state index contributed by atoms with van der Waals surface area (Å²) in [5.74, 6) is -2.56. The van der Waals surface area contributed by atoms with E-state index in [9.17, 15) is 13.6 Å². The fourth-order valence-electron chi connectivity index (χ4n) is 2.35. The van der Waals surface area contributed by atoms with Crippen molar-refractivity contribution < 1.29 is 13.6 Å². The van der Waals surface area contributed by atoms with Gasteiger partial charge >= 0.3 is 0 Å². The molecule has 3 rings (SSSR count). The summed E-state index contributed by atoms with van der Waals surface area (Å²) in [5.41, 5.74) is 1.18. The molecule has 0 fully saturated rings. The highest BCUT2D eigenvalue weighted by molar-refractivity contribution is 5.94. The molecule has 0 aliphatic carbocycles. The minimum Gasteiger partial charge on any atom is -0.348 e. The number of amides is 1. The fraction of sp³-hybridized carbons (Fsp3) is 0.118. The molecule has 0 saturated heterocycles. The van der Waals surface area contributed by atoms with E-state index < -0.39 is 23.1 Å². The SMILES string of the molecule is O=C(NCc1ccccc1Cn1cncn1)c1c(F)cccc1F. The van der Waals surface area contributed by atoms with E-state index in [1.165, 1.54) is 12.4 Å². The Hall–Kier alpha value is -3.09. The Kier molecular flexibility index (Phi) is 4.60. The van der Waals surface area contributed by atoms with E-state index in [1.54, 1.807) is 11.0 Å². The van der Waals surface area contributed by atoms with Crippen molar-refractivity contribution in [3.8, 4) is 0 Å². The Morgan fingerprint density at radius 3 is 2.42 bits per heavy atom. The molecule has 1 N–H and O–H groups in total. The molecule has 3 aromatic rings. The molecule has 2 aromatic carbocycles. The van der Waals surface area contributed by atoms with Crippen molar-refractivity contribution in [2.24, 2.45) is 0 Å². The molecular weight excluding hydrogens is 314 g/mol. The van der Waals surface area contributed by atoms with Crippen LogP contribution in [0.1, 0.15) is 21.5 Å². The number of benzene rings is 2. The second kappa shape index (κ2) is 6.99. The summed E-state index contributed by atoms with van der Waals surface area (Å²) in [6, 6.07) is 10.8. The van der Waals surface area contributed by atoms with Gasteiger partial charge in [-0.25, -0.2) is 18.4 Å². The van der Waals surface area contributed by atoms with E-state index in [-0.39, 0.29) is 6.54 Å². The molecule has 0 atom stereocenters. The van der Waals surface area contributed by atoms with Gasteiger partial charge in [-0.1, -0.05) is 30.3 Å². The molecule has 0 unspecified atom stereocenters. The monoisotopic (exact) mass is 328 g/mol. The van der Waals surface area contributed by atoms with Crippen molar-refractivity contribution in [1.82, 2.24) is 20.1 Å². The lowest BCUT2D eigenvalue weighted by molar-refractivity contribution is 0.0942. The first-order valence-corrected chi connectivity index (χ1v) is 7.26. The zero-order valence-electron chi connectivity index (χ0n) is 12.6. The molecular formula is C17H14F2N4O. The Morgan fingerprint density at radius 1 is 1.04 bits per heavy atom. The van der Waals surface area contributed by atoms with Crippen molar-refractivity contribution in [1.29, 1.82) is 0 Å². The van der Waals surface area contributed by atoms with Crippen LogP contribution in [-0.4, -0.2) is 20.7 Å². The van der Waals surface area contributed by atoms with E-state index in [4.69, 9.17) is 0 Å². The van der Waals surface area contributed by atoms with Crippen LogP contribution < -0.4 is 5.32 Å². The highest BCUT2D eigenvalue weighted by Crippen LogP contribution is 2.13. The molecule has 5 nitrogen and oxygen atoms in total. The van der Waals surface area contributed by atoms with Crippen LogP contribution >= 0.6 is 0 Å². The predicted molar refractivity (Wildman–Crippen MR) is 83.1 cm³/mol. The third-order valence-electron chi connectivity index (χ3n) is 3.55. The third kappa shape index (κ3) is 3.45. The number of hydrogen-bond donors (Lipinski definition) is 1. The van der Waals surface area contributed by atoms with Gasteiger partial charge in [0.05, 0.1) is 6.54 Å². The molecule has 1 heterocycles.